The van der Waals surface area contributed by atoms with Crippen LogP contribution in [0, 0.1) is 30.2 Å². The lowest BCUT2D eigenvalue weighted by atomic mass is 9.87. The zero-order chi connectivity index (χ0) is 60.7. The van der Waals surface area contributed by atoms with E-state index >= 15 is 0 Å². The summed E-state index contributed by atoms with van der Waals surface area (Å²) in [6.45, 7) is 14.0. The van der Waals surface area contributed by atoms with Gasteiger partial charge in [-0.3, -0.25) is 14.1 Å². The molecule has 0 saturated carbocycles. The lowest BCUT2D eigenvalue weighted by Gasteiger charge is -2.36. The number of nitrogens with zero attached hydrogens (tertiary/aromatic N) is 5. The van der Waals surface area contributed by atoms with Gasteiger partial charge in [-0.2, -0.15) is 0 Å². The molecular formula is C69H81F4N5O6S2. The normalized spacial score (nSPS) is 15.3. The topological polar surface area (TPSA) is 106 Å². The van der Waals surface area contributed by atoms with Crippen LogP contribution in [0.3, 0.4) is 0 Å². The van der Waals surface area contributed by atoms with E-state index in [9.17, 15) is 35.9 Å². The Morgan fingerprint density at radius 3 is 1.40 bits per heavy atom. The van der Waals surface area contributed by atoms with Crippen LogP contribution in [0.4, 0.5) is 23.2 Å². The molecule has 0 aliphatic carbocycles. The Hall–Kier alpha value is -6.41. The number of carbonyl (C=O) groups is 1. The summed E-state index contributed by atoms with van der Waals surface area (Å²) >= 11 is 1.74. The summed E-state index contributed by atoms with van der Waals surface area (Å²) in [5.41, 5.74) is 5.60. The van der Waals surface area contributed by atoms with Crippen molar-refractivity contribution in [1.82, 2.24) is 19.6 Å². The quantitative estimate of drug-likeness (QED) is 0.0288. The smallest absolute Gasteiger partial charge is 0.332 e. The number of aliphatic hydroxyl groups excluding tert-OH is 1. The van der Waals surface area contributed by atoms with E-state index in [0.29, 0.717) is 18.8 Å². The summed E-state index contributed by atoms with van der Waals surface area (Å²) in [5, 5.41) is 11.1. The molecule has 0 bridgehead atoms. The predicted molar refractivity (Wildman–Crippen MR) is 335 cm³/mol. The van der Waals surface area contributed by atoms with E-state index in [1.54, 1.807) is 91.5 Å². The zero-order valence-corrected chi connectivity index (χ0v) is 51.0. The van der Waals surface area contributed by atoms with Crippen molar-refractivity contribution in [3.05, 3.63) is 233 Å². The third kappa shape index (κ3) is 20.6. The maximum Gasteiger partial charge on any atom is 0.332 e. The van der Waals surface area contributed by atoms with Crippen molar-refractivity contribution in [3.8, 4) is 0 Å². The highest BCUT2D eigenvalue weighted by Gasteiger charge is 2.29. The number of aliphatic hydroxyl groups is 1. The van der Waals surface area contributed by atoms with Gasteiger partial charge in [0.15, 0.2) is 0 Å². The number of anilines is 1. The SMILES string of the molecule is CCOC(=O)COC(CSc1ccccc1)CN1CCN(CCCC(c2ccc(F)cc2)c2ccc(F)cc2)CC1.Cc1ccc(S(=O)(=O)N(CC(O)CN2CCN(CCCC(c3ccc(F)cc3)c3ccc(F)cc3)CC2)c2ccccc2)cc1. The van der Waals surface area contributed by atoms with Gasteiger partial charge in [0, 0.05) is 87.9 Å². The molecule has 2 atom stereocenters. The summed E-state index contributed by atoms with van der Waals surface area (Å²) in [7, 11) is -3.87. The van der Waals surface area contributed by atoms with Crippen molar-refractivity contribution in [2.75, 3.05) is 108 Å². The third-order valence-corrected chi connectivity index (χ3v) is 18.8. The van der Waals surface area contributed by atoms with Gasteiger partial charge in [0.1, 0.15) is 29.9 Å². The Labute approximate surface area is 510 Å². The molecule has 2 aliphatic heterocycles. The van der Waals surface area contributed by atoms with Crippen LogP contribution >= 0.6 is 11.8 Å². The van der Waals surface area contributed by atoms with Crippen molar-refractivity contribution in [3.63, 3.8) is 0 Å². The van der Waals surface area contributed by atoms with Gasteiger partial charge in [-0.25, -0.2) is 30.8 Å². The first-order valence-corrected chi connectivity index (χ1v) is 32.3. The molecule has 11 nitrogen and oxygen atoms in total. The van der Waals surface area contributed by atoms with Crippen LogP contribution in [0.2, 0.25) is 0 Å². The number of rotatable bonds is 28. The molecule has 0 amide bonds. The van der Waals surface area contributed by atoms with Gasteiger partial charge in [0.05, 0.1) is 35.9 Å². The van der Waals surface area contributed by atoms with Crippen LogP contribution in [0.15, 0.2) is 192 Å². The molecule has 2 saturated heterocycles. The second-order valence-electron chi connectivity index (χ2n) is 22.1. The number of hydrogen-bond donors (Lipinski definition) is 1. The van der Waals surface area contributed by atoms with E-state index < -0.39 is 16.1 Å². The minimum atomic E-state index is -3.87. The first kappa shape index (κ1) is 65.6. The van der Waals surface area contributed by atoms with E-state index in [1.165, 1.54) is 57.7 Å². The van der Waals surface area contributed by atoms with E-state index in [0.717, 1.165) is 131 Å². The number of thioether (sulfide) groups is 1. The third-order valence-electron chi connectivity index (χ3n) is 15.8. The average Bonchev–Trinajstić information content (AvgIpc) is 3.44. The lowest BCUT2D eigenvalue weighted by Crippen LogP contribution is -2.50. The summed E-state index contributed by atoms with van der Waals surface area (Å²) in [6.07, 6.45) is 2.70. The van der Waals surface area contributed by atoms with Gasteiger partial charge in [0.25, 0.3) is 10.0 Å². The van der Waals surface area contributed by atoms with Crippen molar-refractivity contribution < 1.29 is 45.4 Å². The van der Waals surface area contributed by atoms with E-state index in [2.05, 4.69) is 31.7 Å². The van der Waals surface area contributed by atoms with E-state index in [4.69, 9.17) is 9.47 Å². The first-order chi connectivity index (χ1) is 41.7. The number of benzene rings is 7. The number of piperazine rings is 2. The number of sulfonamides is 1. The van der Waals surface area contributed by atoms with Crippen LogP contribution < -0.4 is 4.31 Å². The monoisotopic (exact) mass is 1220 g/mol. The number of hydrogen-bond acceptors (Lipinski definition) is 11. The van der Waals surface area contributed by atoms with Gasteiger partial charge in [-0.1, -0.05) is 103 Å². The van der Waals surface area contributed by atoms with Crippen LogP contribution in [0.25, 0.3) is 0 Å². The number of esters is 1. The molecule has 1 N–H and O–H groups in total. The molecule has 2 unspecified atom stereocenters. The highest BCUT2D eigenvalue weighted by molar-refractivity contribution is 7.99. The molecule has 0 radical (unpaired) electrons. The van der Waals surface area contributed by atoms with Crippen molar-refractivity contribution in [1.29, 1.82) is 0 Å². The van der Waals surface area contributed by atoms with Crippen LogP contribution in [-0.2, 0) is 24.3 Å². The molecule has 7 aromatic carbocycles. The minimum absolute atomic E-state index is 0.0307. The number of carbonyl (C=O) groups excluding carboxylic acids is 1. The maximum atomic E-state index is 13.6. The molecule has 17 heteroatoms. The Morgan fingerprint density at radius 2 is 0.965 bits per heavy atom. The van der Waals surface area contributed by atoms with Gasteiger partial charge in [-0.15, -0.1) is 11.8 Å². The molecule has 0 spiro atoms. The standard InChI is InChI=1S/C36H41F2N3O3S.C33H40F2N2O3S/c1-28-9-19-35(20-10-28)45(43,44)41(33-6-3-2-4-7-33)27-34(42)26-40-24-22-39(23-25-40)21-5-8-36(29-11-15-31(37)16-12-29)30-13-17-32(38)18-14-30;1-2-39-33(38)24-40-30(25-41-31-7-4-3-5-8-31)23-37-21-19-36(20-22-37)18-6-9-32(26-10-14-28(34)15-11-26)27-12-16-29(35)17-13-27/h2-4,6-7,9-20,34,36,42H,5,8,21-27H2,1H3;3-5,7-8,10-17,30,32H,2,6,9,18-25H2,1H3. The minimum Gasteiger partial charge on any atom is -0.464 e. The molecule has 2 fully saturated rings. The fourth-order valence-electron chi connectivity index (χ4n) is 11.1. The first-order valence-electron chi connectivity index (χ1n) is 29.9. The molecule has 86 heavy (non-hydrogen) atoms. The largest absolute Gasteiger partial charge is 0.464 e. The summed E-state index contributed by atoms with van der Waals surface area (Å²) in [4.78, 5) is 22.8. The van der Waals surface area contributed by atoms with Crippen molar-refractivity contribution in [2.45, 2.75) is 73.4 Å². The van der Waals surface area contributed by atoms with Gasteiger partial charge in [0.2, 0.25) is 0 Å². The Bertz CT molecular complexity index is 3110. The van der Waals surface area contributed by atoms with E-state index in [-0.39, 0.29) is 65.2 Å². The number of ether oxygens (including phenoxy) is 2. The molecule has 7 aromatic rings. The van der Waals surface area contributed by atoms with Crippen LogP contribution in [0.1, 0.15) is 72.3 Å². The Balaban J connectivity index is 0.000000225. The molecule has 458 valence electrons. The fourth-order valence-corrected chi connectivity index (χ4v) is 13.5. The number of aryl methyl sites for hydroxylation is 1. The highest BCUT2D eigenvalue weighted by atomic mass is 32.2. The Morgan fingerprint density at radius 1 is 0.558 bits per heavy atom. The summed E-state index contributed by atoms with van der Waals surface area (Å²) in [5.74, 6) is -0.485. The molecule has 0 aromatic heterocycles. The number of β-amino-alcohol motifs (C(OH)–C–C–N with tert-alkyl or cyclic N) is 1. The fraction of sp³-hybridized carbons (Fsp3) is 0.377. The van der Waals surface area contributed by atoms with Crippen LogP contribution in [-0.4, -0.2) is 155 Å². The second-order valence-corrected chi connectivity index (χ2v) is 25.0. The highest BCUT2D eigenvalue weighted by Crippen LogP contribution is 2.32. The average molecular weight is 1220 g/mol. The zero-order valence-electron chi connectivity index (χ0n) is 49.3. The summed E-state index contributed by atoms with van der Waals surface area (Å²) < 4.78 is 93.9. The summed E-state index contributed by atoms with van der Waals surface area (Å²) in [6, 6.07) is 52.3. The number of para-hydroxylation sites is 1. The second kappa shape index (κ2) is 33.6. The molecule has 2 heterocycles. The predicted octanol–water partition coefficient (Wildman–Crippen LogP) is 12.3. The molecule has 2 aliphatic rings. The lowest BCUT2D eigenvalue weighted by molar-refractivity contribution is -0.150. The van der Waals surface area contributed by atoms with Gasteiger partial charge < -0.3 is 24.4 Å². The van der Waals surface area contributed by atoms with Crippen molar-refractivity contribution >= 4 is 33.4 Å². The van der Waals surface area contributed by atoms with Gasteiger partial charge >= 0.3 is 5.97 Å². The van der Waals surface area contributed by atoms with Crippen LogP contribution in [0.5, 0.6) is 0 Å². The van der Waals surface area contributed by atoms with E-state index in [1.807, 2.05) is 55.5 Å². The molecule has 9 rings (SSSR count). The maximum absolute atomic E-state index is 13.6. The van der Waals surface area contributed by atoms with Crippen molar-refractivity contribution in [2.24, 2.45) is 0 Å². The number of halogens is 4. The van der Waals surface area contributed by atoms with Gasteiger partial charge in [-0.05, 0) is 160 Å². The Kier molecular flexibility index (Phi) is 25.6. The molecular weight excluding hydrogens is 1130 g/mol.